The standard InChI is InChI=1S/C17H10ClF4N5O2/c18-11-6-5-9(7-10(11)17(20,21)22)25-15-14(27(28)29)16(24-8-23-15)26-13-4-2-1-3-12(13)19/h1-8H,(H2,23,24,25,26). The molecule has 0 fully saturated rings. The zero-order chi connectivity index (χ0) is 21.2. The maximum Gasteiger partial charge on any atom is 0.417 e. The van der Waals surface area contributed by atoms with Crippen molar-refractivity contribution in [3.8, 4) is 0 Å². The summed E-state index contributed by atoms with van der Waals surface area (Å²) in [7, 11) is 0. The Hall–Kier alpha value is -3.47. The Kier molecular flexibility index (Phi) is 5.50. The Morgan fingerprint density at radius 3 is 2.31 bits per heavy atom. The molecule has 1 aromatic heterocycles. The summed E-state index contributed by atoms with van der Waals surface area (Å²) >= 11 is 5.57. The molecule has 0 unspecified atom stereocenters. The van der Waals surface area contributed by atoms with Gasteiger partial charge < -0.3 is 10.6 Å². The van der Waals surface area contributed by atoms with Crippen LogP contribution in [0.1, 0.15) is 5.56 Å². The number of benzene rings is 2. The number of nitro groups is 1. The van der Waals surface area contributed by atoms with Crippen LogP contribution in [0.3, 0.4) is 0 Å². The highest BCUT2D eigenvalue weighted by molar-refractivity contribution is 6.31. The molecule has 0 saturated heterocycles. The van der Waals surface area contributed by atoms with Crippen molar-refractivity contribution in [2.24, 2.45) is 0 Å². The number of hydrogen-bond acceptors (Lipinski definition) is 6. The number of nitrogens with zero attached hydrogens (tertiary/aromatic N) is 3. The largest absolute Gasteiger partial charge is 0.417 e. The first-order valence-corrected chi connectivity index (χ1v) is 8.19. The average Bonchev–Trinajstić information content (AvgIpc) is 2.64. The van der Waals surface area contributed by atoms with Crippen LogP contribution >= 0.6 is 11.6 Å². The van der Waals surface area contributed by atoms with Gasteiger partial charge in [0.05, 0.1) is 21.2 Å². The van der Waals surface area contributed by atoms with Crippen LogP contribution in [0.25, 0.3) is 0 Å². The zero-order valence-electron chi connectivity index (χ0n) is 14.2. The van der Waals surface area contributed by atoms with Gasteiger partial charge in [-0.25, -0.2) is 14.4 Å². The molecule has 0 atom stereocenters. The third-order valence-electron chi connectivity index (χ3n) is 3.67. The number of nitrogens with one attached hydrogen (secondary N) is 2. The topological polar surface area (TPSA) is 93.0 Å². The van der Waals surface area contributed by atoms with Crippen molar-refractivity contribution >= 4 is 40.3 Å². The van der Waals surface area contributed by atoms with Gasteiger partial charge in [0.15, 0.2) is 0 Å². The number of aromatic nitrogens is 2. The van der Waals surface area contributed by atoms with Gasteiger partial charge >= 0.3 is 11.9 Å². The summed E-state index contributed by atoms with van der Waals surface area (Å²) in [6.07, 6.45) is -3.77. The number of halogens is 5. The highest BCUT2D eigenvalue weighted by Crippen LogP contribution is 2.38. The predicted octanol–water partition coefficient (Wildman–Crippen LogP) is 5.68. The van der Waals surface area contributed by atoms with Crippen LogP contribution in [0.4, 0.5) is 46.3 Å². The second kappa shape index (κ2) is 7.87. The average molecular weight is 428 g/mol. The Morgan fingerprint density at radius 1 is 1.03 bits per heavy atom. The molecule has 12 heteroatoms. The van der Waals surface area contributed by atoms with Crippen molar-refractivity contribution in [3.05, 3.63) is 75.3 Å². The van der Waals surface area contributed by atoms with Gasteiger partial charge in [0.1, 0.15) is 12.1 Å². The number of para-hydroxylation sites is 1. The molecule has 29 heavy (non-hydrogen) atoms. The molecule has 0 radical (unpaired) electrons. The second-order valence-corrected chi connectivity index (χ2v) is 6.01. The molecule has 0 spiro atoms. The van der Waals surface area contributed by atoms with E-state index in [4.69, 9.17) is 11.6 Å². The van der Waals surface area contributed by atoms with Crippen molar-refractivity contribution in [2.75, 3.05) is 10.6 Å². The summed E-state index contributed by atoms with van der Waals surface area (Å²) in [6.45, 7) is 0. The molecule has 150 valence electrons. The lowest BCUT2D eigenvalue weighted by molar-refractivity contribution is -0.383. The van der Waals surface area contributed by atoms with E-state index < -0.39 is 33.2 Å². The van der Waals surface area contributed by atoms with Gasteiger partial charge in [-0.3, -0.25) is 10.1 Å². The summed E-state index contributed by atoms with van der Waals surface area (Å²) in [6, 6.07) is 8.30. The van der Waals surface area contributed by atoms with Crippen LogP contribution in [0.2, 0.25) is 5.02 Å². The fourth-order valence-corrected chi connectivity index (χ4v) is 2.61. The van der Waals surface area contributed by atoms with Gasteiger partial charge in [0.25, 0.3) is 0 Å². The van der Waals surface area contributed by atoms with Gasteiger partial charge in [0, 0.05) is 5.69 Å². The minimum absolute atomic E-state index is 0.0777. The predicted molar refractivity (Wildman–Crippen MR) is 98.1 cm³/mol. The normalized spacial score (nSPS) is 11.2. The van der Waals surface area contributed by atoms with Crippen LogP contribution in [-0.2, 0) is 6.18 Å². The van der Waals surface area contributed by atoms with Gasteiger partial charge in [0.2, 0.25) is 11.6 Å². The van der Waals surface area contributed by atoms with E-state index in [1.165, 1.54) is 24.3 Å². The lowest BCUT2D eigenvalue weighted by Crippen LogP contribution is -2.08. The molecular formula is C17H10ClF4N5O2. The minimum atomic E-state index is -4.72. The molecule has 0 bridgehead atoms. The molecule has 0 amide bonds. The van der Waals surface area contributed by atoms with Crippen molar-refractivity contribution in [1.82, 2.24) is 9.97 Å². The number of alkyl halides is 3. The van der Waals surface area contributed by atoms with Gasteiger partial charge in [-0.15, -0.1) is 0 Å². The SMILES string of the molecule is O=[N+]([O-])c1c(Nc2ccc(Cl)c(C(F)(F)F)c2)ncnc1Nc1ccccc1F. The van der Waals surface area contributed by atoms with Crippen molar-refractivity contribution in [1.29, 1.82) is 0 Å². The molecule has 3 aromatic rings. The van der Waals surface area contributed by atoms with Gasteiger partial charge in [-0.05, 0) is 30.3 Å². The molecule has 0 aliphatic heterocycles. The molecule has 1 heterocycles. The molecule has 2 N–H and O–H groups in total. The highest BCUT2D eigenvalue weighted by Gasteiger charge is 2.33. The highest BCUT2D eigenvalue weighted by atomic mass is 35.5. The smallest absolute Gasteiger partial charge is 0.334 e. The lowest BCUT2D eigenvalue weighted by Gasteiger charge is -2.13. The van der Waals surface area contributed by atoms with Crippen LogP contribution in [0.15, 0.2) is 48.8 Å². The van der Waals surface area contributed by atoms with E-state index in [0.29, 0.717) is 6.07 Å². The van der Waals surface area contributed by atoms with E-state index in [1.807, 2.05) is 0 Å². The summed E-state index contributed by atoms with van der Waals surface area (Å²) in [4.78, 5) is 18.2. The van der Waals surface area contributed by atoms with Crippen LogP contribution in [0.5, 0.6) is 0 Å². The molecule has 0 saturated carbocycles. The Morgan fingerprint density at radius 2 is 1.69 bits per heavy atom. The number of hydrogen-bond donors (Lipinski definition) is 2. The molecular weight excluding hydrogens is 418 g/mol. The van der Waals surface area contributed by atoms with E-state index in [1.54, 1.807) is 0 Å². The van der Waals surface area contributed by atoms with Crippen LogP contribution < -0.4 is 10.6 Å². The maximum atomic E-state index is 13.8. The van der Waals surface area contributed by atoms with E-state index in [9.17, 15) is 27.7 Å². The first-order valence-electron chi connectivity index (χ1n) is 7.81. The first kappa shape index (κ1) is 20.3. The fraction of sp³-hybridized carbons (Fsp3) is 0.0588. The first-order chi connectivity index (χ1) is 13.7. The Labute approximate surface area is 165 Å². The summed E-state index contributed by atoms with van der Waals surface area (Å²) < 4.78 is 52.9. The zero-order valence-corrected chi connectivity index (χ0v) is 14.9. The second-order valence-electron chi connectivity index (χ2n) is 5.60. The molecule has 7 nitrogen and oxygen atoms in total. The Bertz CT molecular complexity index is 1080. The Balaban J connectivity index is 2.01. The van der Waals surface area contributed by atoms with Crippen molar-refractivity contribution in [3.63, 3.8) is 0 Å². The fourth-order valence-electron chi connectivity index (χ4n) is 2.38. The molecule has 0 aliphatic carbocycles. The third kappa shape index (κ3) is 4.51. The summed E-state index contributed by atoms with van der Waals surface area (Å²) in [5, 5.41) is 15.9. The van der Waals surface area contributed by atoms with E-state index in [2.05, 4.69) is 20.6 Å². The number of rotatable bonds is 5. The maximum absolute atomic E-state index is 13.8. The van der Waals surface area contributed by atoms with E-state index in [-0.39, 0.29) is 23.0 Å². The quantitative estimate of drug-likeness (QED) is 0.309. The van der Waals surface area contributed by atoms with E-state index in [0.717, 1.165) is 18.5 Å². The van der Waals surface area contributed by atoms with Crippen molar-refractivity contribution in [2.45, 2.75) is 6.18 Å². The third-order valence-corrected chi connectivity index (χ3v) is 4.00. The van der Waals surface area contributed by atoms with Gasteiger partial charge in [-0.2, -0.15) is 13.2 Å². The summed E-state index contributed by atoms with van der Waals surface area (Å²) in [5.41, 5.74) is -2.02. The van der Waals surface area contributed by atoms with E-state index >= 15 is 0 Å². The molecule has 0 aliphatic rings. The molecule has 3 rings (SSSR count). The minimum Gasteiger partial charge on any atom is -0.334 e. The van der Waals surface area contributed by atoms with Crippen molar-refractivity contribution < 1.29 is 22.5 Å². The monoisotopic (exact) mass is 427 g/mol. The summed E-state index contributed by atoms with van der Waals surface area (Å²) in [5.74, 6) is -1.41. The lowest BCUT2D eigenvalue weighted by atomic mass is 10.2. The number of anilines is 4. The van der Waals surface area contributed by atoms with Gasteiger partial charge in [-0.1, -0.05) is 23.7 Å². The molecule has 2 aromatic carbocycles. The van der Waals surface area contributed by atoms with Crippen LogP contribution in [-0.4, -0.2) is 14.9 Å². The van der Waals surface area contributed by atoms with Crippen LogP contribution in [0, 0.1) is 15.9 Å².